The van der Waals surface area contributed by atoms with Gasteiger partial charge in [-0.25, -0.2) is 0 Å². The summed E-state index contributed by atoms with van der Waals surface area (Å²) < 4.78 is 0. The average Bonchev–Trinajstić information content (AvgIpc) is 3.12. The van der Waals surface area contributed by atoms with E-state index in [0.29, 0.717) is 5.92 Å². The quantitative estimate of drug-likeness (QED) is 0.395. The highest BCUT2D eigenvalue weighted by atomic mass is 16.6. The molecule has 1 N–H and O–H groups in total. The molecule has 1 heterocycles. The number of hydrogen-bond donors (Lipinski definition) is 1. The molecule has 0 aromatic carbocycles. The van der Waals surface area contributed by atoms with E-state index in [-0.39, 0.29) is 6.10 Å². The van der Waals surface area contributed by atoms with E-state index >= 15 is 0 Å². The van der Waals surface area contributed by atoms with Crippen LogP contribution in [0, 0.1) is 17.8 Å². The molecule has 0 aromatic rings. The molecule has 152 valence electrons. The molecule has 2 atom stereocenters. The summed E-state index contributed by atoms with van der Waals surface area (Å²) in [4.78, 5) is 5.70. The Morgan fingerprint density at radius 1 is 1.26 bits per heavy atom. The molecule has 0 bridgehead atoms. The van der Waals surface area contributed by atoms with Gasteiger partial charge in [0.15, 0.2) is 6.10 Å². The van der Waals surface area contributed by atoms with Crippen LogP contribution < -0.4 is 5.32 Å². The lowest BCUT2D eigenvalue weighted by Crippen LogP contribution is -2.23. The Kier molecular flexibility index (Phi) is 9.90. The molecule has 2 rings (SSSR count). The summed E-state index contributed by atoms with van der Waals surface area (Å²) in [5.41, 5.74) is 2.30. The summed E-state index contributed by atoms with van der Waals surface area (Å²) in [6, 6.07) is 0. The zero-order valence-corrected chi connectivity index (χ0v) is 17.8. The molecule has 3 nitrogen and oxygen atoms in total. The van der Waals surface area contributed by atoms with E-state index in [1.165, 1.54) is 57.2 Å². The van der Waals surface area contributed by atoms with Crippen LogP contribution in [-0.2, 0) is 4.84 Å². The largest absolute Gasteiger partial charge is 0.387 e. The maximum Gasteiger partial charge on any atom is 0.157 e. The molecule has 1 saturated carbocycles. The zero-order chi connectivity index (χ0) is 19.5. The Labute approximate surface area is 167 Å². The average molecular weight is 373 g/mol. The molecule has 27 heavy (non-hydrogen) atoms. The molecule has 2 unspecified atom stereocenters. The van der Waals surface area contributed by atoms with Crippen molar-refractivity contribution in [1.29, 1.82) is 0 Å². The molecular weight excluding hydrogens is 332 g/mol. The van der Waals surface area contributed by atoms with E-state index in [1.54, 1.807) is 0 Å². The fraction of sp³-hybridized carbons (Fsp3) is 0.708. The number of rotatable bonds is 9. The minimum absolute atomic E-state index is 0.0331. The molecule has 0 saturated heterocycles. The van der Waals surface area contributed by atoms with Crippen molar-refractivity contribution < 1.29 is 4.84 Å². The Morgan fingerprint density at radius 3 is 2.67 bits per heavy atom. The van der Waals surface area contributed by atoms with Gasteiger partial charge in [-0.2, -0.15) is 0 Å². The molecule has 2 aliphatic rings. The molecule has 1 aliphatic heterocycles. The van der Waals surface area contributed by atoms with Gasteiger partial charge in [-0.05, 0) is 56.7 Å². The maximum absolute atomic E-state index is 5.70. The lowest BCUT2D eigenvalue weighted by molar-refractivity contribution is 0.114. The Hall–Kier alpha value is -1.35. The third kappa shape index (κ3) is 7.29. The predicted molar refractivity (Wildman–Crippen MR) is 117 cm³/mol. The molecule has 1 fully saturated rings. The second-order valence-electron chi connectivity index (χ2n) is 8.28. The summed E-state index contributed by atoms with van der Waals surface area (Å²) in [6.07, 6.45) is 18.3. The van der Waals surface area contributed by atoms with Gasteiger partial charge in [0.1, 0.15) is 0 Å². The van der Waals surface area contributed by atoms with Crippen LogP contribution in [0.25, 0.3) is 0 Å². The summed E-state index contributed by atoms with van der Waals surface area (Å²) in [6.45, 7) is 13.1. The second-order valence-corrected chi connectivity index (χ2v) is 8.28. The predicted octanol–water partition coefficient (Wildman–Crippen LogP) is 6.04. The number of hydrogen-bond acceptors (Lipinski definition) is 3. The van der Waals surface area contributed by atoms with Crippen LogP contribution in [0.4, 0.5) is 0 Å². The Balaban J connectivity index is 1.76. The van der Waals surface area contributed by atoms with Gasteiger partial charge in [0.05, 0.1) is 5.71 Å². The second kappa shape index (κ2) is 12.2. The first-order valence-electron chi connectivity index (χ1n) is 11.1. The standard InChI is InChI=1S/C24H40N2O/c1-5-7-8-11-20(4)24-18-23(26-27-24)22-14-9-12-21(13-10-15-22)19(3)16-17-25-6-2/h5,7-8,11,19,21-22,24-25H,4,6,9-10,12-18H2,1-3H3/b7-5-,11-8-. The molecule has 0 spiro atoms. The normalized spacial score (nSPS) is 28.0. The minimum atomic E-state index is 0.0331. The maximum atomic E-state index is 5.70. The molecule has 0 radical (unpaired) electrons. The first kappa shape index (κ1) is 21.9. The van der Waals surface area contributed by atoms with Gasteiger partial charge >= 0.3 is 0 Å². The SMILES string of the molecule is C=C(/C=C\C=C/C)C1CC(C2CCCC(C(C)CCNCC)CCC2)=NO1. The van der Waals surface area contributed by atoms with E-state index in [2.05, 4.69) is 30.9 Å². The molecule has 1 aliphatic carbocycles. The van der Waals surface area contributed by atoms with E-state index in [0.717, 1.165) is 30.4 Å². The summed E-state index contributed by atoms with van der Waals surface area (Å²) >= 11 is 0. The molecule has 0 aromatic heterocycles. The van der Waals surface area contributed by atoms with Crippen molar-refractivity contribution in [2.45, 2.75) is 78.2 Å². The first-order chi connectivity index (χ1) is 13.2. The number of allylic oxidation sites excluding steroid dienone is 3. The smallest absolute Gasteiger partial charge is 0.157 e. The summed E-state index contributed by atoms with van der Waals surface area (Å²) in [5, 5.41) is 7.94. The van der Waals surface area contributed by atoms with E-state index in [1.807, 2.05) is 31.2 Å². The van der Waals surface area contributed by atoms with Gasteiger partial charge in [0, 0.05) is 12.3 Å². The zero-order valence-electron chi connectivity index (χ0n) is 17.8. The fourth-order valence-electron chi connectivity index (χ4n) is 4.42. The topological polar surface area (TPSA) is 33.6 Å². The number of nitrogens with zero attached hydrogens (tertiary/aromatic N) is 1. The number of nitrogens with one attached hydrogen (secondary N) is 1. The highest BCUT2D eigenvalue weighted by Crippen LogP contribution is 2.34. The monoisotopic (exact) mass is 372 g/mol. The molecule has 0 amide bonds. The van der Waals surface area contributed by atoms with Crippen LogP contribution in [0.2, 0.25) is 0 Å². The molecular formula is C24H40N2O. The molecule has 3 heteroatoms. The van der Waals surface area contributed by atoms with Crippen molar-refractivity contribution in [3.05, 3.63) is 36.5 Å². The summed E-state index contributed by atoms with van der Waals surface area (Å²) in [7, 11) is 0. The van der Waals surface area contributed by atoms with Gasteiger partial charge in [-0.3, -0.25) is 0 Å². The van der Waals surface area contributed by atoms with Crippen LogP contribution >= 0.6 is 0 Å². The van der Waals surface area contributed by atoms with Gasteiger partial charge in [-0.15, -0.1) is 0 Å². The first-order valence-corrected chi connectivity index (χ1v) is 11.1. The third-order valence-corrected chi connectivity index (χ3v) is 6.28. The lowest BCUT2D eigenvalue weighted by atomic mass is 9.77. The minimum Gasteiger partial charge on any atom is -0.387 e. The van der Waals surface area contributed by atoms with Crippen molar-refractivity contribution in [2.24, 2.45) is 22.9 Å². The van der Waals surface area contributed by atoms with Crippen molar-refractivity contribution in [1.82, 2.24) is 5.32 Å². The van der Waals surface area contributed by atoms with Crippen molar-refractivity contribution in [2.75, 3.05) is 13.1 Å². The summed E-state index contributed by atoms with van der Waals surface area (Å²) in [5.74, 6) is 2.35. The van der Waals surface area contributed by atoms with Crippen LogP contribution in [0.15, 0.2) is 41.6 Å². The fourth-order valence-corrected chi connectivity index (χ4v) is 4.42. The van der Waals surface area contributed by atoms with Crippen molar-refractivity contribution >= 4 is 5.71 Å². The van der Waals surface area contributed by atoms with E-state index in [9.17, 15) is 0 Å². The van der Waals surface area contributed by atoms with Crippen LogP contribution in [0.3, 0.4) is 0 Å². The van der Waals surface area contributed by atoms with Gasteiger partial charge in [0.25, 0.3) is 0 Å². The van der Waals surface area contributed by atoms with Crippen LogP contribution in [0.5, 0.6) is 0 Å². The van der Waals surface area contributed by atoms with E-state index < -0.39 is 0 Å². The van der Waals surface area contributed by atoms with Gasteiger partial charge in [-0.1, -0.05) is 75.6 Å². The number of oxime groups is 1. The highest BCUT2D eigenvalue weighted by molar-refractivity contribution is 5.88. The van der Waals surface area contributed by atoms with Gasteiger partial charge in [0.2, 0.25) is 0 Å². The Bertz CT molecular complexity index is 524. The Morgan fingerprint density at radius 2 is 2.00 bits per heavy atom. The van der Waals surface area contributed by atoms with Crippen LogP contribution in [-0.4, -0.2) is 24.9 Å². The van der Waals surface area contributed by atoms with Crippen molar-refractivity contribution in [3.8, 4) is 0 Å². The third-order valence-electron chi connectivity index (χ3n) is 6.28. The highest BCUT2D eigenvalue weighted by Gasteiger charge is 2.29. The van der Waals surface area contributed by atoms with Crippen LogP contribution in [0.1, 0.15) is 72.1 Å². The van der Waals surface area contributed by atoms with Gasteiger partial charge < -0.3 is 10.2 Å². The van der Waals surface area contributed by atoms with Crippen molar-refractivity contribution in [3.63, 3.8) is 0 Å². The lowest BCUT2D eigenvalue weighted by Gasteiger charge is -2.28. The van der Waals surface area contributed by atoms with E-state index in [4.69, 9.17) is 4.84 Å².